The van der Waals surface area contributed by atoms with Crippen molar-refractivity contribution < 1.29 is 23.9 Å². The topological polar surface area (TPSA) is 97.0 Å². The molecule has 32 heavy (non-hydrogen) atoms. The molecule has 168 valence electrons. The van der Waals surface area contributed by atoms with Crippen molar-refractivity contribution in [3.8, 4) is 5.75 Å². The number of carbonyl (C=O) groups excluding carboxylic acids is 3. The summed E-state index contributed by atoms with van der Waals surface area (Å²) in [6, 6.07) is 12.5. The predicted octanol–water partition coefficient (Wildman–Crippen LogP) is 3.89. The number of anilines is 1. The number of esters is 1. The Morgan fingerprint density at radius 1 is 1.19 bits per heavy atom. The highest BCUT2D eigenvalue weighted by Gasteiger charge is 2.35. The van der Waals surface area contributed by atoms with Crippen LogP contribution in [0.4, 0.5) is 10.5 Å². The Labute approximate surface area is 191 Å². The molecule has 2 N–H and O–H groups in total. The van der Waals surface area contributed by atoms with Crippen molar-refractivity contribution >= 4 is 35.2 Å². The normalized spacial score (nSPS) is 15.8. The molecule has 0 aromatic heterocycles. The highest BCUT2D eigenvalue weighted by atomic mass is 35.5. The van der Waals surface area contributed by atoms with E-state index < -0.39 is 12.0 Å². The van der Waals surface area contributed by atoms with E-state index in [0.29, 0.717) is 33.3 Å². The third-order valence-corrected chi connectivity index (χ3v) is 5.19. The van der Waals surface area contributed by atoms with E-state index in [9.17, 15) is 14.4 Å². The SMILES string of the molecule is CCOC(=O)C1=C(C)N(C)C(=O)NC1c1cccc(NC(=O)COc2ccc(Cl)cc2)c1. The minimum atomic E-state index is -0.708. The van der Waals surface area contributed by atoms with Gasteiger partial charge in [0.05, 0.1) is 18.2 Å². The Morgan fingerprint density at radius 3 is 2.59 bits per heavy atom. The molecule has 1 aliphatic rings. The molecular weight excluding hydrogens is 434 g/mol. The Balaban J connectivity index is 1.76. The average Bonchev–Trinajstić information content (AvgIpc) is 2.77. The molecule has 1 heterocycles. The first kappa shape index (κ1) is 23.1. The van der Waals surface area contributed by atoms with Gasteiger partial charge >= 0.3 is 12.0 Å². The van der Waals surface area contributed by atoms with E-state index >= 15 is 0 Å². The zero-order valence-corrected chi connectivity index (χ0v) is 18.7. The molecule has 0 radical (unpaired) electrons. The van der Waals surface area contributed by atoms with Crippen LogP contribution in [0.15, 0.2) is 59.8 Å². The molecule has 2 aromatic carbocycles. The summed E-state index contributed by atoms with van der Waals surface area (Å²) in [7, 11) is 1.58. The second-order valence-electron chi connectivity index (χ2n) is 7.08. The summed E-state index contributed by atoms with van der Waals surface area (Å²) in [5, 5.41) is 6.15. The van der Waals surface area contributed by atoms with E-state index in [0.717, 1.165) is 0 Å². The van der Waals surface area contributed by atoms with Crippen molar-refractivity contribution in [2.75, 3.05) is 25.6 Å². The number of allylic oxidation sites excluding steroid dienone is 1. The van der Waals surface area contributed by atoms with Crippen LogP contribution in [0.5, 0.6) is 5.75 Å². The lowest BCUT2D eigenvalue weighted by molar-refractivity contribution is -0.139. The number of hydrogen-bond acceptors (Lipinski definition) is 5. The fourth-order valence-corrected chi connectivity index (χ4v) is 3.36. The van der Waals surface area contributed by atoms with Gasteiger partial charge in [0.15, 0.2) is 6.61 Å². The van der Waals surface area contributed by atoms with E-state index in [2.05, 4.69) is 10.6 Å². The van der Waals surface area contributed by atoms with Gasteiger partial charge in [0.2, 0.25) is 0 Å². The van der Waals surface area contributed by atoms with Crippen molar-refractivity contribution in [3.63, 3.8) is 0 Å². The van der Waals surface area contributed by atoms with Crippen LogP contribution in [0.2, 0.25) is 5.02 Å². The molecule has 8 nitrogen and oxygen atoms in total. The largest absolute Gasteiger partial charge is 0.484 e. The standard InChI is InChI=1S/C23H24ClN3O5/c1-4-31-22(29)20-14(2)27(3)23(30)26-21(20)15-6-5-7-17(12-15)25-19(28)13-32-18-10-8-16(24)9-11-18/h5-12,21H,4,13H2,1-3H3,(H,25,28)(H,26,30). The first-order valence-electron chi connectivity index (χ1n) is 10.0. The van der Waals surface area contributed by atoms with Crippen LogP contribution >= 0.6 is 11.6 Å². The van der Waals surface area contributed by atoms with E-state index in [1.54, 1.807) is 69.4 Å². The van der Waals surface area contributed by atoms with Crippen LogP contribution < -0.4 is 15.4 Å². The van der Waals surface area contributed by atoms with Gasteiger partial charge < -0.3 is 25.0 Å². The number of rotatable bonds is 7. The minimum Gasteiger partial charge on any atom is -0.484 e. The quantitative estimate of drug-likeness (QED) is 0.615. The Bertz CT molecular complexity index is 1050. The third-order valence-electron chi connectivity index (χ3n) is 4.94. The highest BCUT2D eigenvalue weighted by Crippen LogP contribution is 2.31. The Morgan fingerprint density at radius 2 is 1.91 bits per heavy atom. The van der Waals surface area contributed by atoms with Crippen molar-refractivity contribution in [1.82, 2.24) is 10.2 Å². The first-order chi connectivity index (χ1) is 15.3. The maximum Gasteiger partial charge on any atom is 0.338 e. The predicted molar refractivity (Wildman–Crippen MR) is 120 cm³/mol. The molecule has 0 saturated heterocycles. The van der Waals surface area contributed by atoms with E-state index in [-0.39, 0.29) is 25.2 Å². The van der Waals surface area contributed by atoms with Gasteiger partial charge in [-0.25, -0.2) is 9.59 Å². The number of benzene rings is 2. The van der Waals surface area contributed by atoms with Crippen molar-refractivity contribution in [3.05, 3.63) is 70.4 Å². The molecule has 2 aromatic rings. The van der Waals surface area contributed by atoms with Gasteiger partial charge in [0, 0.05) is 23.5 Å². The van der Waals surface area contributed by atoms with E-state index in [1.165, 1.54) is 4.90 Å². The second kappa shape index (κ2) is 10.2. The summed E-state index contributed by atoms with van der Waals surface area (Å²) in [6.07, 6.45) is 0. The van der Waals surface area contributed by atoms with Gasteiger partial charge in [-0.2, -0.15) is 0 Å². The molecule has 3 rings (SSSR count). The zero-order valence-electron chi connectivity index (χ0n) is 18.0. The van der Waals surface area contributed by atoms with Crippen LogP contribution in [0.1, 0.15) is 25.5 Å². The zero-order chi connectivity index (χ0) is 23.3. The van der Waals surface area contributed by atoms with E-state index in [1.807, 2.05) is 0 Å². The molecule has 0 spiro atoms. The van der Waals surface area contributed by atoms with Crippen molar-refractivity contribution in [2.45, 2.75) is 19.9 Å². The van der Waals surface area contributed by atoms with Crippen molar-refractivity contribution in [2.24, 2.45) is 0 Å². The second-order valence-corrected chi connectivity index (χ2v) is 7.51. The minimum absolute atomic E-state index is 0.191. The van der Waals surface area contributed by atoms with E-state index in [4.69, 9.17) is 21.1 Å². The van der Waals surface area contributed by atoms with Crippen LogP contribution in [0.25, 0.3) is 0 Å². The average molecular weight is 458 g/mol. The lowest BCUT2D eigenvalue weighted by Crippen LogP contribution is -2.46. The monoisotopic (exact) mass is 457 g/mol. The van der Waals surface area contributed by atoms with Crippen molar-refractivity contribution in [1.29, 1.82) is 0 Å². The van der Waals surface area contributed by atoms with Crippen LogP contribution in [0, 0.1) is 0 Å². The Kier molecular flexibility index (Phi) is 7.37. The number of amides is 3. The summed E-state index contributed by atoms with van der Waals surface area (Å²) in [4.78, 5) is 38.6. The van der Waals surface area contributed by atoms with Crippen LogP contribution in [-0.2, 0) is 14.3 Å². The highest BCUT2D eigenvalue weighted by molar-refractivity contribution is 6.30. The maximum absolute atomic E-state index is 12.6. The third kappa shape index (κ3) is 5.39. The summed E-state index contributed by atoms with van der Waals surface area (Å²) in [6.45, 7) is 3.43. The number of urea groups is 1. The summed E-state index contributed by atoms with van der Waals surface area (Å²) in [5.41, 5.74) is 1.97. The van der Waals surface area contributed by atoms with Gasteiger partial charge in [-0.1, -0.05) is 23.7 Å². The molecule has 0 fully saturated rings. The maximum atomic E-state index is 12.6. The molecule has 9 heteroatoms. The number of nitrogens with one attached hydrogen (secondary N) is 2. The fraction of sp³-hybridized carbons (Fsp3) is 0.261. The number of halogens is 1. The molecule has 1 atom stereocenters. The summed E-state index contributed by atoms with van der Waals surface area (Å²) in [5.74, 6) is -0.346. The molecule has 0 saturated carbocycles. The smallest absolute Gasteiger partial charge is 0.338 e. The number of nitrogens with zero attached hydrogens (tertiary/aromatic N) is 1. The van der Waals surface area contributed by atoms with Gasteiger partial charge in [-0.05, 0) is 55.8 Å². The molecular formula is C23H24ClN3O5. The molecule has 3 amide bonds. The summed E-state index contributed by atoms with van der Waals surface area (Å²) < 4.78 is 10.6. The van der Waals surface area contributed by atoms with Gasteiger partial charge in [-0.15, -0.1) is 0 Å². The summed E-state index contributed by atoms with van der Waals surface area (Å²) >= 11 is 5.84. The number of carbonyl (C=O) groups is 3. The molecule has 1 aliphatic heterocycles. The van der Waals surface area contributed by atoms with Crippen LogP contribution in [0.3, 0.4) is 0 Å². The fourth-order valence-electron chi connectivity index (χ4n) is 3.23. The number of ether oxygens (including phenoxy) is 2. The van der Waals surface area contributed by atoms with Gasteiger partial charge in [0.1, 0.15) is 5.75 Å². The lowest BCUT2D eigenvalue weighted by Gasteiger charge is -2.33. The van der Waals surface area contributed by atoms with Crippen LogP contribution in [-0.4, -0.2) is 43.1 Å². The van der Waals surface area contributed by atoms with Gasteiger partial charge in [0.25, 0.3) is 5.91 Å². The number of hydrogen-bond donors (Lipinski definition) is 2. The first-order valence-corrected chi connectivity index (χ1v) is 10.4. The Hall–Kier alpha value is -3.52. The molecule has 0 bridgehead atoms. The lowest BCUT2D eigenvalue weighted by atomic mass is 9.94. The molecule has 1 unspecified atom stereocenters. The van der Waals surface area contributed by atoms with Gasteiger partial charge in [-0.3, -0.25) is 4.79 Å². The molecule has 0 aliphatic carbocycles.